The van der Waals surface area contributed by atoms with E-state index in [0.29, 0.717) is 35.6 Å². The number of para-hydroxylation sites is 1. The number of nitrogens with zero attached hydrogens (tertiary/aromatic N) is 3. The van der Waals surface area contributed by atoms with Gasteiger partial charge in [0.15, 0.2) is 0 Å². The zero-order valence-electron chi connectivity index (χ0n) is 20.3. The quantitative estimate of drug-likeness (QED) is 0.523. The molecular weight excluding hydrogens is 428 g/mol. The van der Waals surface area contributed by atoms with E-state index >= 15 is 0 Å². The van der Waals surface area contributed by atoms with Crippen LogP contribution in [0.3, 0.4) is 0 Å². The van der Waals surface area contributed by atoms with E-state index in [9.17, 15) is 9.59 Å². The van der Waals surface area contributed by atoms with Gasteiger partial charge in [0, 0.05) is 12.6 Å². The van der Waals surface area contributed by atoms with Crippen LogP contribution in [-0.2, 0) is 0 Å². The first-order valence-electron chi connectivity index (χ1n) is 12.4. The Hall–Kier alpha value is -3.35. The predicted molar refractivity (Wildman–Crippen MR) is 135 cm³/mol. The first kappa shape index (κ1) is 23.8. The second-order valence-corrected chi connectivity index (χ2v) is 8.80. The van der Waals surface area contributed by atoms with E-state index < -0.39 is 6.04 Å². The van der Waals surface area contributed by atoms with Crippen molar-refractivity contribution in [2.24, 2.45) is 0 Å². The summed E-state index contributed by atoms with van der Waals surface area (Å²) < 4.78 is 7.19. The molecule has 1 heterocycles. The Bertz CT molecular complexity index is 1180. The van der Waals surface area contributed by atoms with E-state index in [-0.39, 0.29) is 17.6 Å². The van der Waals surface area contributed by atoms with Crippen LogP contribution in [0.25, 0.3) is 16.6 Å². The van der Waals surface area contributed by atoms with Crippen LogP contribution >= 0.6 is 0 Å². The summed E-state index contributed by atoms with van der Waals surface area (Å²) in [5, 5.41) is 3.75. The van der Waals surface area contributed by atoms with Gasteiger partial charge in [-0.25, -0.2) is 9.78 Å². The molecule has 1 fully saturated rings. The Labute approximate surface area is 200 Å². The summed E-state index contributed by atoms with van der Waals surface area (Å²) in [6.45, 7) is 6.90. The molecule has 7 nitrogen and oxygen atoms in total. The Morgan fingerprint density at radius 2 is 1.82 bits per heavy atom. The Balaban J connectivity index is 1.75. The molecule has 0 radical (unpaired) electrons. The van der Waals surface area contributed by atoms with Gasteiger partial charge in [-0.15, -0.1) is 0 Å². The number of rotatable bonds is 7. The lowest BCUT2D eigenvalue weighted by Crippen LogP contribution is -2.47. The maximum atomic E-state index is 13.6. The van der Waals surface area contributed by atoms with Crippen molar-refractivity contribution < 1.29 is 9.53 Å². The minimum absolute atomic E-state index is 0.109. The van der Waals surface area contributed by atoms with E-state index in [2.05, 4.69) is 5.32 Å². The van der Waals surface area contributed by atoms with E-state index in [1.54, 1.807) is 15.5 Å². The van der Waals surface area contributed by atoms with E-state index in [4.69, 9.17) is 9.72 Å². The van der Waals surface area contributed by atoms with Crippen molar-refractivity contribution in [2.75, 3.05) is 13.2 Å². The van der Waals surface area contributed by atoms with Gasteiger partial charge in [-0.2, -0.15) is 0 Å². The molecule has 1 aliphatic rings. The van der Waals surface area contributed by atoms with Crippen LogP contribution in [0.5, 0.6) is 5.75 Å². The molecule has 0 saturated heterocycles. The summed E-state index contributed by atoms with van der Waals surface area (Å²) in [5.41, 5.74) is 1.16. The summed E-state index contributed by atoms with van der Waals surface area (Å²) in [6.07, 6.45) is 5.56. The Kier molecular flexibility index (Phi) is 7.50. The van der Waals surface area contributed by atoms with E-state index in [0.717, 1.165) is 31.4 Å². The van der Waals surface area contributed by atoms with Gasteiger partial charge in [0.05, 0.1) is 29.2 Å². The average Bonchev–Trinajstić information content (AvgIpc) is 2.86. The largest absolute Gasteiger partial charge is 0.494 e. The highest BCUT2D eigenvalue weighted by Crippen LogP contribution is 2.25. The van der Waals surface area contributed by atoms with Crippen molar-refractivity contribution in [3.05, 3.63) is 64.7 Å². The predicted octanol–water partition coefficient (Wildman–Crippen LogP) is 5.21. The first-order valence-corrected chi connectivity index (χ1v) is 12.4. The molecule has 3 aromatic rings. The number of benzene rings is 2. The van der Waals surface area contributed by atoms with Crippen molar-refractivity contribution in [1.82, 2.24) is 19.8 Å². The lowest BCUT2D eigenvalue weighted by atomic mass is 9.96. The second kappa shape index (κ2) is 10.7. The number of carbonyl (C=O) groups excluding carboxylic acids is 1. The first-order chi connectivity index (χ1) is 16.5. The van der Waals surface area contributed by atoms with Crippen molar-refractivity contribution in [3.63, 3.8) is 0 Å². The summed E-state index contributed by atoms with van der Waals surface area (Å²) in [5.74, 6) is 1.28. The molecule has 0 bridgehead atoms. The number of fused-ring (bicyclic) bond motifs is 1. The fourth-order valence-corrected chi connectivity index (χ4v) is 4.77. The van der Waals surface area contributed by atoms with Crippen molar-refractivity contribution in [3.8, 4) is 11.4 Å². The van der Waals surface area contributed by atoms with Crippen LogP contribution < -0.4 is 15.6 Å². The highest BCUT2D eigenvalue weighted by molar-refractivity contribution is 5.78. The van der Waals surface area contributed by atoms with Crippen LogP contribution in [0.2, 0.25) is 0 Å². The second-order valence-electron chi connectivity index (χ2n) is 8.80. The molecule has 1 atom stereocenters. The van der Waals surface area contributed by atoms with Gasteiger partial charge in [-0.3, -0.25) is 9.36 Å². The van der Waals surface area contributed by atoms with Gasteiger partial charge in [-0.1, -0.05) is 31.4 Å². The number of aromatic nitrogens is 2. The zero-order chi connectivity index (χ0) is 24.1. The smallest absolute Gasteiger partial charge is 0.318 e. The van der Waals surface area contributed by atoms with Crippen LogP contribution in [0.4, 0.5) is 4.79 Å². The fourth-order valence-electron chi connectivity index (χ4n) is 4.77. The molecule has 2 aromatic carbocycles. The maximum Gasteiger partial charge on any atom is 0.318 e. The number of carbonyl (C=O) groups is 1. The lowest BCUT2D eigenvalue weighted by molar-refractivity contribution is 0.172. The summed E-state index contributed by atoms with van der Waals surface area (Å²) >= 11 is 0. The number of hydrogen-bond acceptors (Lipinski definition) is 4. The molecule has 180 valence electrons. The number of nitrogens with one attached hydrogen (secondary N) is 1. The molecule has 34 heavy (non-hydrogen) atoms. The molecule has 1 aliphatic carbocycles. The van der Waals surface area contributed by atoms with Gasteiger partial charge >= 0.3 is 6.03 Å². The third-order valence-corrected chi connectivity index (χ3v) is 6.58. The maximum absolute atomic E-state index is 13.6. The SMILES string of the molecule is CCOc1ccc(-n2c(C(C)N(CC)C(=O)NC3CCCCC3)nc3ccccc3c2=O)cc1. The van der Waals surface area contributed by atoms with E-state index in [1.807, 2.05) is 63.2 Å². The van der Waals surface area contributed by atoms with E-state index in [1.165, 1.54) is 6.42 Å². The van der Waals surface area contributed by atoms with Crippen LogP contribution in [-0.4, -0.2) is 39.7 Å². The van der Waals surface area contributed by atoms with Crippen LogP contribution in [0.15, 0.2) is 53.3 Å². The average molecular weight is 463 g/mol. The van der Waals surface area contributed by atoms with Crippen molar-refractivity contribution >= 4 is 16.9 Å². The van der Waals surface area contributed by atoms with Crippen LogP contribution in [0, 0.1) is 0 Å². The molecule has 1 saturated carbocycles. The molecular formula is C27H34N4O3. The summed E-state index contributed by atoms with van der Waals surface area (Å²) in [6, 6.07) is 14.5. The molecule has 0 aliphatic heterocycles. The minimum Gasteiger partial charge on any atom is -0.494 e. The van der Waals surface area contributed by atoms with Crippen molar-refractivity contribution in [2.45, 2.75) is 65.0 Å². The lowest BCUT2D eigenvalue weighted by Gasteiger charge is -2.32. The third-order valence-electron chi connectivity index (χ3n) is 6.58. The van der Waals surface area contributed by atoms with Gasteiger partial charge in [0.25, 0.3) is 5.56 Å². The molecule has 0 spiro atoms. The number of urea groups is 1. The van der Waals surface area contributed by atoms with Crippen LogP contribution in [0.1, 0.15) is 64.7 Å². The van der Waals surface area contributed by atoms with Crippen molar-refractivity contribution in [1.29, 1.82) is 0 Å². The summed E-state index contributed by atoms with van der Waals surface area (Å²) in [4.78, 5) is 33.5. The molecule has 4 rings (SSSR count). The highest BCUT2D eigenvalue weighted by atomic mass is 16.5. The fraction of sp³-hybridized carbons (Fsp3) is 0.444. The summed E-state index contributed by atoms with van der Waals surface area (Å²) in [7, 11) is 0. The third kappa shape index (κ3) is 4.93. The molecule has 1 aromatic heterocycles. The highest BCUT2D eigenvalue weighted by Gasteiger charge is 2.27. The van der Waals surface area contributed by atoms with Gasteiger partial charge in [-0.05, 0) is 70.0 Å². The number of hydrogen-bond donors (Lipinski definition) is 1. The number of amides is 2. The standard InChI is InChI=1S/C27H34N4O3/c1-4-30(27(33)28-20-11-7-6-8-12-20)19(3)25-29-24-14-10-9-13-23(24)26(32)31(25)21-15-17-22(18-16-21)34-5-2/h9-10,13-20H,4-8,11-12H2,1-3H3,(H,28,33). The molecule has 7 heteroatoms. The van der Waals surface area contributed by atoms with Gasteiger partial charge in [0.2, 0.25) is 0 Å². The Morgan fingerprint density at radius 3 is 2.50 bits per heavy atom. The van der Waals surface area contributed by atoms with Gasteiger partial charge in [0.1, 0.15) is 11.6 Å². The van der Waals surface area contributed by atoms with Gasteiger partial charge < -0.3 is 15.0 Å². The molecule has 1 unspecified atom stereocenters. The monoisotopic (exact) mass is 462 g/mol. The molecule has 2 amide bonds. The topological polar surface area (TPSA) is 76.5 Å². The normalized spacial score (nSPS) is 15.1. The zero-order valence-corrected chi connectivity index (χ0v) is 20.3. The number of ether oxygens (including phenoxy) is 1. The molecule has 1 N–H and O–H groups in total. The Morgan fingerprint density at radius 1 is 1.12 bits per heavy atom. The minimum atomic E-state index is -0.405.